The monoisotopic (exact) mass is 260 g/mol. The van der Waals surface area contributed by atoms with Crippen molar-refractivity contribution in [3.8, 4) is 0 Å². The molecule has 0 spiro atoms. The van der Waals surface area contributed by atoms with E-state index in [0.717, 1.165) is 15.2 Å². The molecular weight excluding hydrogens is 251 g/mol. The van der Waals surface area contributed by atoms with Gasteiger partial charge in [-0.25, -0.2) is 17.8 Å². The van der Waals surface area contributed by atoms with Crippen molar-refractivity contribution in [3.63, 3.8) is 0 Å². The molecule has 86 valence electrons. The summed E-state index contributed by atoms with van der Waals surface area (Å²) in [5, 5.41) is 0.903. The molecule has 0 aliphatic rings. The maximum Gasteiger partial charge on any atom is 0.262 e. The van der Waals surface area contributed by atoms with Gasteiger partial charge in [-0.3, -0.25) is 4.72 Å². The van der Waals surface area contributed by atoms with Gasteiger partial charge in [-0.15, -0.1) is 11.3 Å². The lowest BCUT2D eigenvalue weighted by molar-refractivity contribution is 0.538. The van der Waals surface area contributed by atoms with Crippen molar-refractivity contribution in [2.45, 2.75) is 6.92 Å². The van der Waals surface area contributed by atoms with Crippen LogP contribution in [0.1, 0.15) is 5.01 Å². The van der Waals surface area contributed by atoms with Crippen LogP contribution in [-0.4, -0.2) is 19.4 Å². The molecule has 2 aromatic rings. The highest BCUT2D eigenvalue weighted by Crippen LogP contribution is 2.25. The predicted molar refractivity (Wildman–Crippen MR) is 62.9 cm³/mol. The second-order valence-corrected chi connectivity index (χ2v) is 6.13. The molecule has 1 aromatic heterocycles. The van der Waals surface area contributed by atoms with Crippen molar-refractivity contribution in [2.24, 2.45) is 0 Å². The Morgan fingerprint density at radius 1 is 1.50 bits per heavy atom. The van der Waals surface area contributed by atoms with Crippen molar-refractivity contribution in [3.05, 3.63) is 23.2 Å². The highest BCUT2D eigenvalue weighted by atomic mass is 32.2. The maximum atomic E-state index is 12.1. The molecule has 7 heteroatoms. The van der Waals surface area contributed by atoms with Gasteiger partial charge in [0.1, 0.15) is 0 Å². The van der Waals surface area contributed by atoms with Crippen LogP contribution >= 0.6 is 11.3 Å². The van der Waals surface area contributed by atoms with E-state index in [1.807, 2.05) is 6.92 Å². The van der Waals surface area contributed by atoms with Crippen LogP contribution in [0, 0.1) is 6.92 Å². The number of aromatic nitrogens is 1. The van der Waals surface area contributed by atoms with E-state index in [2.05, 4.69) is 9.71 Å². The number of benzene rings is 1. The molecule has 2 rings (SSSR count). The minimum Gasteiger partial charge on any atom is -0.281 e. The molecule has 16 heavy (non-hydrogen) atoms. The van der Waals surface area contributed by atoms with Gasteiger partial charge in [-0.1, -0.05) is 0 Å². The third kappa shape index (κ3) is 2.30. The van der Waals surface area contributed by atoms with Crippen LogP contribution in [0.3, 0.4) is 0 Å². The number of alkyl halides is 1. The van der Waals surface area contributed by atoms with E-state index in [1.54, 1.807) is 18.2 Å². The molecule has 0 saturated heterocycles. The number of hydrogen-bond acceptors (Lipinski definition) is 4. The molecule has 0 atom stereocenters. The lowest BCUT2D eigenvalue weighted by Gasteiger charge is -2.03. The molecular formula is C9H9FN2O2S2. The van der Waals surface area contributed by atoms with Gasteiger partial charge in [0.05, 0.1) is 20.9 Å². The van der Waals surface area contributed by atoms with Crippen LogP contribution in [0.2, 0.25) is 0 Å². The summed E-state index contributed by atoms with van der Waals surface area (Å²) in [6.45, 7) is 1.87. The van der Waals surface area contributed by atoms with Gasteiger partial charge in [-0.05, 0) is 25.1 Å². The summed E-state index contributed by atoms with van der Waals surface area (Å²) in [6.07, 6.45) is 0. The molecule has 0 amide bonds. The molecule has 0 fully saturated rings. The first kappa shape index (κ1) is 11.3. The quantitative estimate of drug-likeness (QED) is 0.921. The fourth-order valence-electron chi connectivity index (χ4n) is 1.31. The van der Waals surface area contributed by atoms with Gasteiger partial charge in [0.25, 0.3) is 10.0 Å². The number of sulfonamides is 1. The minimum atomic E-state index is -3.87. The summed E-state index contributed by atoms with van der Waals surface area (Å²) in [5.74, 6) is 0. The normalized spacial score (nSPS) is 11.9. The largest absolute Gasteiger partial charge is 0.281 e. The van der Waals surface area contributed by atoms with Crippen molar-refractivity contribution in [2.75, 3.05) is 10.7 Å². The molecule has 1 aromatic carbocycles. The fourth-order valence-corrected chi connectivity index (χ4v) is 2.72. The Morgan fingerprint density at radius 2 is 2.25 bits per heavy atom. The number of anilines is 1. The van der Waals surface area contributed by atoms with Crippen LogP contribution in [0.5, 0.6) is 0 Å². The number of hydrogen-bond donors (Lipinski definition) is 1. The van der Waals surface area contributed by atoms with Gasteiger partial charge < -0.3 is 0 Å². The predicted octanol–water partition coefficient (Wildman–Crippen LogP) is 2.27. The smallest absolute Gasteiger partial charge is 0.262 e. The number of thiazole rings is 1. The Bertz CT molecular complexity index is 621. The summed E-state index contributed by atoms with van der Waals surface area (Å²) in [4.78, 5) is 4.24. The van der Waals surface area contributed by atoms with E-state index >= 15 is 0 Å². The summed E-state index contributed by atoms with van der Waals surface area (Å²) in [7, 11) is -3.87. The van der Waals surface area contributed by atoms with E-state index < -0.39 is 16.0 Å². The van der Waals surface area contributed by atoms with E-state index in [1.165, 1.54) is 11.3 Å². The molecule has 0 saturated carbocycles. The average molecular weight is 260 g/mol. The average Bonchev–Trinajstić information content (AvgIpc) is 2.57. The lowest BCUT2D eigenvalue weighted by atomic mass is 10.3. The third-order valence-corrected chi connectivity index (χ3v) is 3.68. The van der Waals surface area contributed by atoms with E-state index in [9.17, 15) is 12.8 Å². The van der Waals surface area contributed by atoms with Crippen molar-refractivity contribution < 1.29 is 12.8 Å². The first-order chi connectivity index (χ1) is 7.50. The van der Waals surface area contributed by atoms with Crippen molar-refractivity contribution >= 4 is 37.3 Å². The Hall–Kier alpha value is -1.21. The summed E-state index contributed by atoms with van der Waals surface area (Å²) in [5.41, 5.74) is 1.17. The highest BCUT2D eigenvalue weighted by Gasteiger charge is 2.10. The molecule has 0 aliphatic heterocycles. The van der Waals surface area contributed by atoms with Crippen molar-refractivity contribution in [1.29, 1.82) is 0 Å². The Morgan fingerprint density at radius 3 is 2.94 bits per heavy atom. The SMILES string of the molecule is Cc1nc2ccc(NS(=O)(=O)CF)cc2s1. The molecule has 0 bridgehead atoms. The van der Waals surface area contributed by atoms with Crippen LogP contribution in [0.15, 0.2) is 18.2 Å². The number of fused-ring (bicyclic) bond motifs is 1. The molecule has 1 N–H and O–H groups in total. The molecule has 0 unspecified atom stereocenters. The summed E-state index contributed by atoms with van der Waals surface area (Å²) >= 11 is 1.46. The van der Waals surface area contributed by atoms with Gasteiger partial charge in [0.15, 0.2) is 0 Å². The van der Waals surface area contributed by atoms with Crippen LogP contribution < -0.4 is 4.72 Å². The third-order valence-electron chi connectivity index (χ3n) is 1.91. The first-order valence-corrected chi connectivity index (χ1v) is 6.91. The molecule has 0 radical (unpaired) electrons. The topological polar surface area (TPSA) is 59.1 Å². The van der Waals surface area contributed by atoms with Crippen LogP contribution in [-0.2, 0) is 10.0 Å². The highest BCUT2D eigenvalue weighted by molar-refractivity contribution is 7.92. The summed E-state index contributed by atoms with van der Waals surface area (Å²) < 4.78 is 37.2. The number of aryl methyl sites for hydroxylation is 1. The van der Waals surface area contributed by atoms with Crippen LogP contribution in [0.25, 0.3) is 10.2 Å². The number of nitrogens with zero attached hydrogens (tertiary/aromatic N) is 1. The van der Waals surface area contributed by atoms with Gasteiger partial charge in [-0.2, -0.15) is 0 Å². The Balaban J connectivity index is 2.40. The van der Waals surface area contributed by atoms with Crippen LogP contribution in [0.4, 0.5) is 10.1 Å². The second-order valence-electron chi connectivity index (χ2n) is 3.24. The molecule has 4 nitrogen and oxygen atoms in total. The zero-order valence-electron chi connectivity index (χ0n) is 8.40. The first-order valence-electron chi connectivity index (χ1n) is 4.44. The maximum absolute atomic E-state index is 12.1. The number of rotatable bonds is 3. The molecule has 1 heterocycles. The standard InChI is InChI=1S/C9H9FN2O2S2/c1-6-11-8-3-2-7(4-9(8)15-6)12-16(13,14)5-10/h2-4,12H,5H2,1H3. The Labute approximate surface area is 96.2 Å². The second kappa shape index (κ2) is 3.99. The zero-order chi connectivity index (χ0) is 11.8. The Kier molecular flexibility index (Phi) is 2.81. The van der Waals surface area contributed by atoms with E-state index in [-0.39, 0.29) is 0 Å². The molecule has 0 aliphatic carbocycles. The fraction of sp³-hybridized carbons (Fsp3) is 0.222. The van der Waals surface area contributed by atoms with Crippen molar-refractivity contribution in [1.82, 2.24) is 4.98 Å². The van der Waals surface area contributed by atoms with Gasteiger partial charge in [0.2, 0.25) is 6.01 Å². The summed E-state index contributed by atoms with van der Waals surface area (Å²) in [6, 6.07) is 3.49. The number of halogens is 1. The van der Waals surface area contributed by atoms with Gasteiger partial charge in [0, 0.05) is 0 Å². The van der Waals surface area contributed by atoms with E-state index in [0.29, 0.717) is 5.69 Å². The zero-order valence-corrected chi connectivity index (χ0v) is 10.0. The minimum absolute atomic E-state index is 0.355. The number of nitrogens with one attached hydrogen (secondary N) is 1. The lowest BCUT2D eigenvalue weighted by Crippen LogP contribution is -2.13. The van der Waals surface area contributed by atoms with Gasteiger partial charge >= 0.3 is 0 Å². The van der Waals surface area contributed by atoms with E-state index in [4.69, 9.17) is 0 Å².